The third-order valence-corrected chi connectivity index (χ3v) is 2.60. The number of primary amides is 1. The fourth-order valence-electron chi connectivity index (χ4n) is 1.73. The summed E-state index contributed by atoms with van der Waals surface area (Å²) in [5.41, 5.74) is 5.04. The summed E-state index contributed by atoms with van der Waals surface area (Å²) in [7, 11) is 1.97. The molecule has 14 heavy (non-hydrogen) atoms. The van der Waals surface area contributed by atoms with Crippen LogP contribution in [0.4, 0.5) is 4.79 Å². The lowest BCUT2D eigenvalue weighted by molar-refractivity contribution is 0.243. The van der Waals surface area contributed by atoms with Crippen LogP contribution in [0.5, 0.6) is 0 Å². The first-order valence-corrected chi connectivity index (χ1v) is 5.36. The van der Waals surface area contributed by atoms with Crippen LogP contribution < -0.4 is 16.4 Å². The number of hydrogen-bond donors (Lipinski definition) is 3. The summed E-state index contributed by atoms with van der Waals surface area (Å²) in [6.07, 6.45) is 3.33. The third kappa shape index (κ3) is 5.07. The van der Waals surface area contributed by atoms with Crippen LogP contribution in [0.25, 0.3) is 0 Å². The predicted octanol–water partition coefficient (Wildman–Crippen LogP) is 1.07. The average Bonchev–Trinajstić information content (AvgIpc) is 2.16. The Kier molecular flexibility index (Phi) is 7.20. The molecule has 0 aromatic carbocycles. The molecule has 0 aliphatic heterocycles. The van der Waals surface area contributed by atoms with Crippen molar-refractivity contribution in [3.8, 4) is 0 Å². The van der Waals surface area contributed by atoms with Crippen LogP contribution in [0.2, 0.25) is 0 Å². The Morgan fingerprint density at radius 1 is 1.43 bits per heavy atom. The summed E-state index contributed by atoms with van der Waals surface area (Å²) >= 11 is 0. The lowest BCUT2D eigenvalue weighted by Crippen LogP contribution is -2.42. The highest BCUT2D eigenvalue weighted by atomic mass is 16.2. The van der Waals surface area contributed by atoms with Crippen molar-refractivity contribution in [1.82, 2.24) is 10.6 Å². The summed E-state index contributed by atoms with van der Waals surface area (Å²) in [6.45, 7) is 4.96. The Balaban J connectivity index is 4.00. The molecule has 0 heterocycles. The normalized spacial score (nSPS) is 14.8. The van der Waals surface area contributed by atoms with Gasteiger partial charge in [0, 0.05) is 12.6 Å². The Bertz CT molecular complexity index is 161. The molecule has 0 aliphatic rings. The van der Waals surface area contributed by atoms with Gasteiger partial charge in [0.2, 0.25) is 0 Å². The lowest BCUT2D eigenvalue weighted by Gasteiger charge is -2.25. The molecule has 2 atom stereocenters. The van der Waals surface area contributed by atoms with Crippen molar-refractivity contribution in [2.24, 2.45) is 11.7 Å². The van der Waals surface area contributed by atoms with Crippen LogP contribution >= 0.6 is 0 Å². The molecule has 4 N–H and O–H groups in total. The molecular formula is C10H23N3O. The van der Waals surface area contributed by atoms with E-state index in [0.29, 0.717) is 18.5 Å². The molecule has 0 radical (unpaired) electrons. The summed E-state index contributed by atoms with van der Waals surface area (Å²) in [5.74, 6) is 0.465. The van der Waals surface area contributed by atoms with Gasteiger partial charge in [0.25, 0.3) is 0 Å². The number of carbonyl (C=O) groups is 1. The summed E-state index contributed by atoms with van der Waals surface area (Å²) in [4.78, 5) is 10.6. The van der Waals surface area contributed by atoms with E-state index in [1.54, 1.807) is 0 Å². The number of amides is 2. The van der Waals surface area contributed by atoms with Gasteiger partial charge >= 0.3 is 6.03 Å². The van der Waals surface area contributed by atoms with Gasteiger partial charge in [-0.05, 0) is 19.4 Å². The zero-order valence-electron chi connectivity index (χ0n) is 9.47. The minimum absolute atomic E-state index is 0.435. The molecule has 0 aromatic rings. The molecule has 0 rings (SSSR count). The lowest BCUT2D eigenvalue weighted by atomic mass is 9.93. The first kappa shape index (κ1) is 13.2. The second kappa shape index (κ2) is 7.62. The minimum atomic E-state index is -0.435. The van der Waals surface area contributed by atoms with Gasteiger partial charge in [-0.2, -0.15) is 0 Å². The van der Waals surface area contributed by atoms with E-state index in [4.69, 9.17) is 5.73 Å². The van der Waals surface area contributed by atoms with Crippen LogP contribution in [-0.4, -0.2) is 25.7 Å². The maximum absolute atomic E-state index is 10.6. The third-order valence-electron chi connectivity index (χ3n) is 2.60. The Morgan fingerprint density at radius 2 is 2.07 bits per heavy atom. The van der Waals surface area contributed by atoms with E-state index in [1.165, 1.54) is 0 Å². The van der Waals surface area contributed by atoms with Gasteiger partial charge in [0.1, 0.15) is 0 Å². The van der Waals surface area contributed by atoms with Gasteiger partial charge in [0.15, 0.2) is 0 Å². The molecule has 84 valence electrons. The largest absolute Gasteiger partial charge is 0.352 e. The van der Waals surface area contributed by atoms with Gasteiger partial charge in [-0.1, -0.05) is 26.7 Å². The zero-order chi connectivity index (χ0) is 11.0. The molecule has 0 spiro atoms. The fourth-order valence-corrected chi connectivity index (χ4v) is 1.73. The van der Waals surface area contributed by atoms with E-state index < -0.39 is 6.03 Å². The molecular weight excluding hydrogens is 178 g/mol. The maximum Gasteiger partial charge on any atom is 0.312 e. The number of rotatable bonds is 7. The van der Waals surface area contributed by atoms with Crippen LogP contribution in [0.1, 0.15) is 33.1 Å². The highest BCUT2D eigenvalue weighted by molar-refractivity contribution is 5.71. The van der Waals surface area contributed by atoms with Crippen molar-refractivity contribution in [2.45, 2.75) is 39.2 Å². The number of hydrogen-bond acceptors (Lipinski definition) is 2. The molecule has 2 unspecified atom stereocenters. The minimum Gasteiger partial charge on any atom is -0.352 e. The molecule has 0 saturated carbocycles. The summed E-state index contributed by atoms with van der Waals surface area (Å²) in [6, 6.07) is 0.0339. The van der Waals surface area contributed by atoms with Crippen molar-refractivity contribution in [3.05, 3.63) is 0 Å². The van der Waals surface area contributed by atoms with Gasteiger partial charge in [0.05, 0.1) is 0 Å². The molecule has 0 bridgehead atoms. The number of urea groups is 1. The number of carbonyl (C=O) groups excluding carboxylic acids is 1. The van der Waals surface area contributed by atoms with Crippen molar-refractivity contribution < 1.29 is 4.79 Å². The Labute approximate surface area is 86.6 Å². The van der Waals surface area contributed by atoms with E-state index in [0.717, 1.165) is 19.3 Å². The molecule has 0 aliphatic carbocycles. The van der Waals surface area contributed by atoms with E-state index in [-0.39, 0.29) is 0 Å². The highest BCUT2D eigenvalue weighted by Crippen LogP contribution is 2.12. The molecule has 4 heteroatoms. The van der Waals surface area contributed by atoms with Gasteiger partial charge in [-0.3, -0.25) is 0 Å². The van der Waals surface area contributed by atoms with E-state index in [2.05, 4.69) is 24.5 Å². The quantitative estimate of drug-likeness (QED) is 0.577. The zero-order valence-corrected chi connectivity index (χ0v) is 9.47. The van der Waals surface area contributed by atoms with Crippen molar-refractivity contribution >= 4 is 6.03 Å². The van der Waals surface area contributed by atoms with E-state index >= 15 is 0 Å². The fraction of sp³-hybridized carbons (Fsp3) is 0.900. The first-order valence-electron chi connectivity index (χ1n) is 5.36. The first-order chi connectivity index (χ1) is 6.65. The number of nitrogens with one attached hydrogen (secondary N) is 2. The predicted molar refractivity (Wildman–Crippen MR) is 59.1 cm³/mol. The van der Waals surface area contributed by atoms with Crippen LogP contribution in [0.15, 0.2) is 0 Å². The maximum atomic E-state index is 10.6. The SMILES string of the molecule is CCCC(NC)C(CC)CNC(N)=O. The second-order valence-corrected chi connectivity index (χ2v) is 3.60. The van der Waals surface area contributed by atoms with E-state index in [9.17, 15) is 4.79 Å². The number of nitrogens with two attached hydrogens (primary N) is 1. The average molecular weight is 201 g/mol. The monoisotopic (exact) mass is 201 g/mol. The molecule has 4 nitrogen and oxygen atoms in total. The molecule has 0 saturated heterocycles. The van der Waals surface area contributed by atoms with E-state index in [1.807, 2.05) is 7.05 Å². The van der Waals surface area contributed by atoms with Crippen LogP contribution in [-0.2, 0) is 0 Å². The van der Waals surface area contributed by atoms with Gasteiger partial charge < -0.3 is 16.4 Å². The Hall–Kier alpha value is -0.770. The summed E-state index contributed by atoms with van der Waals surface area (Å²) < 4.78 is 0. The smallest absolute Gasteiger partial charge is 0.312 e. The Morgan fingerprint density at radius 3 is 2.43 bits per heavy atom. The second-order valence-electron chi connectivity index (χ2n) is 3.60. The molecule has 0 aromatic heterocycles. The molecule has 0 fully saturated rings. The van der Waals surface area contributed by atoms with Crippen molar-refractivity contribution in [1.29, 1.82) is 0 Å². The summed E-state index contributed by atoms with van der Waals surface area (Å²) in [5, 5.41) is 5.95. The topological polar surface area (TPSA) is 67.2 Å². The van der Waals surface area contributed by atoms with Gasteiger partial charge in [-0.15, -0.1) is 0 Å². The van der Waals surface area contributed by atoms with Crippen LogP contribution in [0.3, 0.4) is 0 Å². The van der Waals surface area contributed by atoms with Gasteiger partial charge in [-0.25, -0.2) is 4.79 Å². The van der Waals surface area contributed by atoms with Crippen molar-refractivity contribution in [2.75, 3.05) is 13.6 Å². The highest BCUT2D eigenvalue weighted by Gasteiger charge is 2.17. The molecule has 2 amide bonds. The standard InChI is InChI=1S/C10H23N3O/c1-4-6-9(12-3)8(5-2)7-13-10(11)14/h8-9,12H,4-7H2,1-3H3,(H3,11,13,14). The van der Waals surface area contributed by atoms with Crippen molar-refractivity contribution in [3.63, 3.8) is 0 Å². The van der Waals surface area contributed by atoms with Crippen LogP contribution in [0, 0.1) is 5.92 Å².